The minimum absolute atomic E-state index is 0.00645. The third-order valence-corrected chi connectivity index (χ3v) is 5.14. The van der Waals surface area contributed by atoms with E-state index in [1.165, 1.54) is 0 Å². The normalized spacial score (nSPS) is 18.6. The lowest BCUT2D eigenvalue weighted by Crippen LogP contribution is -2.41. The molecule has 2 aliphatic heterocycles. The molecule has 0 aliphatic carbocycles. The predicted octanol–water partition coefficient (Wildman–Crippen LogP) is 3.05. The molecular formula is C21H29NO5. The summed E-state index contributed by atoms with van der Waals surface area (Å²) in [6.07, 6.45) is 3.12. The van der Waals surface area contributed by atoms with E-state index < -0.39 is 0 Å². The van der Waals surface area contributed by atoms with Gasteiger partial charge in [0.05, 0.1) is 19.8 Å². The summed E-state index contributed by atoms with van der Waals surface area (Å²) in [4.78, 5) is 26.6. The molecule has 2 saturated heterocycles. The van der Waals surface area contributed by atoms with Crippen molar-refractivity contribution in [3.05, 3.63) is 29.8 Å². The van der Waals surface area contributed by atoms with Crippen molar-refractivity contribution in [1.82, 2.24) is 4.90 Å². The lowest BCUT2D eigenvalue weighted by Gasteiger charge is -2.33. The summed E-state index contributed by atoms with van der Waals surface area (Å²) in [5, 5.41) is 0. The maximum Gasteiger partial charge on any atom is 0.223 e. The Kier molecular flexibility index (Phi) is 7.24. The van der Waals surface area contributed by atoms with E-state index in [-0.39, 0.29) is 30.8 Å². The number of nitrogens with zero attached hydrogens (tertiary/aromatic N) is 1. The van der Waals surface area contributed by atoms with E-state index in [4.69, 9.17) is 14.2 Å². The average Bonchev–Trinajstić information content (AvgIpc) is 3.25. The van der Waals surface area contributed by atoms with Crippen LogP contribution in [0.5, 0.6) is 5.75 Å². The van der Waals surface area contributed by atoms with E-state index in [0.29, 0.717) is 44.4 Å². The summed E-state index contributed by atoms with van der Waals surface area (Å²) < 4.78 is 16.7. The Balaban J connectivity index is 1.40. The van der Waals surface area contributed by atoms with E-state index >= 15 is 0 Å². The number of ketones is 1. The highest BCUT2D eigenvalue weighted by atomic mass is 16.7. The third kappa shape index (κ3) is 5.53. The molecule has 0 N–H and O–H groups in total. The number of carbonyl (C=O) groups excluding carboxylic acids is 2. The van der Waals surface area contributed by atoms with Gasteiger partial charge < -0.3 is 19.1 Å². The zero-order chi connectivity index (χ0) is 19.1. The number of piperidine rings is 1. The van der Waals surface area contributed by atoms with Gasteiger partial charge in [0.15, 0.2) is 12.1 Å². The van der Waals surface area contributed by atoms with Gasteiger partial charge in [-0.25, -0.2) is 0 Å². The molecule has 148 valence electrons. The van der Waals surface area contributed by atoms with Crippen LogP contribution in [-0.4, -0.2) is 55.8 Å². The minimum atomic E-state index is -0.104. The Labute approximate surface area is 160 Å². The molecule has 0 atom stereocenters. The highest BCUT2D eigenvalue weighted by molar-refractivity contribution is 5.98. The van der Waals surface area contributed by atoms with Gasteiger partial charge in [0, 0.05) is 37.4 Å². The van der Waals surface area contributed by atoms with Crippen LogP contribution in [0.2, 0.25) is 0 Å². The van der Waals surface area contributed by atoms with Crippen LogP contribution in [0.1, 0.15) is 49.4 Å². The van der Waals surface area contributed by atoms with Crippen LogP contribution in [0.4, 0.5) is 0 Å². The molecule has 2 heterocycles. The lowest BCUT2D eigenvalue weighted by molar-refractivity contribution is -0.136. The van der Waals surface area contributed by atoms with Gasteiger partial charge in [-0.05, 0) is 43.5 Å². The van der Waals surface area contributed by atoms with Crippen molar-refractivity contribution in [2.24, 2.45) is 5.92 Å². The maximum atomic E-state index is 12.4. The van der Waals surface area contributed by atoms with Crippen LogP contribution in [0, 0.1) is 5.92 Å². The number of likely N-dealkylation sites (tertiary alicyclic amines) is 1. The molecule has 6 nitrogen and oxygen atoms in total. The van der Waals surface area contributed by atoms with Gasteiger partial charge in [-0.1, -0.05) is 6.92 Å². The molecule has 1 amide bonds. The SMILES string of the molecule is CCCOc1ccc(C(=O)CCC(=O)N2CCC(C3OCCO3)CC2)cc1. The topological polar surface area (TPSA) is 65.1 Å². The molecule has 1 aromatic carbocycles. The first kappa shape index (κ1) is 19.8. The number of Topliss-reactive ketones (excluding diaryl/α,β-unsaturated/α-hetero) is 1. The smallest absolute Gasteiger partial charge is 0.223 e. The average molecular weight is 375 g/mol. The van der Waals surface area contributed by atoms with E-state index in [0.717, 1.165) is 25.0 Å². The van der Waals surface area contributed by atoms with Crippen molar-refractivity contribution < 1.29 is 23.8 Å². The number of hydrogen-bond acceptors (Lipinski definition) is 5. The van der Waals surface area contributed by atoms with E-state index in [2.05, 4.69) is 0 Å². The molecule has 0 radical (unpaired) electrons. The van der Waals surface area contributed by atoms with Gasteiger partial charge in [-0.15, -0.1) is 0 Å². The van der Waals surface area contributed by atoms with Crippen LogP contribution >= 0.6 is 0 Å². The van der Waals surface area contributed by atoms with Crippen molar-refractivity contribution in [3.8, 4) is 5.75 Å². The first-order valence-corrected chi connectivity index (χ1v) is 9.94. The fourth-order valence-corrected chi connectivity index (χ4v) is 3.55. The lowest BCUT2D eigenvalue weighted by atomic mass is 9.95. The van der Waals surface area contributed by atoms with Gasteiger partial charge in [-0.3, -0.25) is 9.59 Å². The Hall–Kier alpha value is -1.92. The van der Waals surface area contributed by atoms with Crippen molar-refractivity contribution in [2.75, 3.05) is 32.9 Å². The molecule has 0 bridgehead atoms. The number of benzene rings is 1. The fraction of sp³-hybridized carbons (Fsp3) is 0.619. The van der Waals surface area contributed by atoms with Crippen molar-refractivity contribution >= 4 is 11.7 Å². The van der Waals surface area contributed by atoms with E-state index in [1.807, 2.05) is 24.0 Å². The van der Waals surface area contributed by atoms with Crippen molar-refractivity contribution in [3.63, 3.8) is 0 Å². The van der Waals surface area contributed by atoms with Crippen LogP contribution in [0.3, 0.4) is 0 Å². The van der Waals surface area contributed by atoms with Gasteiger partial charge in [0.2, 0.25) is 5.91 Å². The molecule has 2 aliphatic rings. The molecule has 3 rings (SSSR count). The fourth-order valence-electron chi connectivity index (χ4n) is 3.55. The zero-order valence-electron chi connectivity index (χ0n) is 16.0. The van der Waals surface area contributed by atoms with Crippen LogP contribution < -0.4 is 4.74 Å². The van der Waals surface area contributed by atoms with Crippen molar-refractivity contribution in [2.45, 2.75) is 45.3 Å². The zero-order valence-corrected chi connectivity index (χ0v) is 16.0. The first-order chi connectivity index (χ1) is 13.2. The summed E-state index contributed by atoms with van der Waals surface area (Å²) in [5.74, 6) is 1.18. The minimum Gasteiger partial charge on any atom is -0.494 e. The molecule has 27 heavy (non-hydrogen) atoms. The Morgan fingerprint density at radius 2 is 1.74 bits per heavy atom. The van der Waals surface area contributed by atoms with Gasteiger partial charge in [-0.2, -0.15) is 0 Å². The number of amides is 1. The van der Waals surface area contributed by atoms with Gasteiger partial charge in [0.25, 0.3) is 0 Å². The first-order valence-electron chi connectivity index (χ1n) is 9.94. The third-order valence-electron chi connectivity index (χ3n) is 5.14. The largest absolute Gasteiger partial charge is 0.494 e. The Bertz CT molecular complexity index is 616. The van der Waals surface area contributed by atoms with E-state index in [1.54, 1.807) is 12.1 Å². The molecule has 2 fully saturated rings. The summed E-state index contributed by atoms with van der Waals surface area (Å²) >= 11 is 0. The van der Waals surface area contributed by atoms with Crippen LogP contribution in [0.25, 0.3) is 0 Å². The molecule has 0 unspecified atom stereocenters. The summed E-state index contributed by atoms with van der Waals surface area (Å²) in [6, 6.07) is 7.15. The number of ether oxygens (including phenoxy) is 3. The highest BCUT2D eigenvalue weighted by Crippen LogP contribution is 2.26. The standard InChI is InChI=1S/C21H29NO5/c1-2-13-25-18-5-3-16(4-6-18)19(23)7-8-20(24)22-11-9-17(10-12-22)21-26-14-15-27-21/h3-6,17,21H,2,7-15H2,1H3. The van der Waals surface area contributed by atoms with Crippen molar-refractivity contribution in [1.29, 1.82) is 0 Å². The maximum absolute atomic E-state index is 12.4. The van der Waals surface area contributed by atoms with Crippen LogP contribution in [-0.2, 0) is 14.3 Å². The second-order valence-corrected chi connectivity index (χ2v) is 7.12. The molecule has 1 aromatic rings. The number of carbonyl (C=O) groups is 2. The monoisotopic (exact) mass is 375 g/mol. The molecule has 6 heteroatoms. The van der Waals surface area contributed by atoms with Gasteiger partial charge in [0.1, 0.15) is 5.75 Å². The molecule has 0 saturated carbocycles. The quantitative estimate of drug-likeness (QED) is 0.654. The number of rotatable bonds is 8. The highest BCUT2D eigenvalue weighted by Gasteiger charge is 2.31. The Morgan fingerprint density at radius 1 is 1.07 bits per heavy atom. The van der Waals surface area contributed by atoms with Gasteiger partial charge >= 0.3 is 0 Å². The summed E-state index contributed by atoms with van der Waals surface area (Å²) in [5.41, 5.74) is 0.626. The molecular weight excluding hydrogens is 346 g/mol. The van der Waals surface area contributed by atoms with Crippen LogP contribution in [0.15, 0.2) is 24.3 Å². The number of hydrogen-bond donors (Lipinski definition) is 0. The molecule has 0 aromatic heterocycles. The summed E-state index contributed by atoms with van der Waals surface area (Å²) in [6.45, 7) is 5.47. The molecule has 0 spiro atoms. The summed E-state index contributed by atoms with van der Waals surface area (Å²) in [7, 11) is 0. The second-order valence-electron chi connectivity index (χ2n) is 7.12. The predicted molar refractivity (Wildman–Crippen MR) is 101 cm³/mol. The second kappa shape index (κ2) is 9.85. The Morgan fingerprint density at radius 3 is 2.37 bits per heavy atom. The van der Waals surface area contributed by atoms with E-state index in [9.17, 15) is 9.59 Å².